The standard InChI is InChI=1S/C17H14N4O3S/c22-14-8-13(15-9-23-16(14)24-15)21-17(25)20(18-19-21)12-7-3-5-10-4-1-2-6-11(10)12/h1-7,13,15-16H,8-9H2/t13-,15-,16-/m1/s1. The van der Waals surface area contributed by atoms with Crippen molar-refractivity contribution in [3.05, 3.63) is 47.2 Å². The van der Waals surface area contributed by atoms with E-state index in [0.717, 1.165) is 16.5 Å². The monoisotopic (exact) mass is 354 g/mol. The van der Waals surface area contributed by atoms with Gasteiger partial charge in [0.25, 0.3) is 0 Å². The Morgan fingerprint density at radius 1 is 1.12 bits per heavy atom. The molecule has 3 aromatic rings. The summed E-state index contributed by atoms with van der Waals surface area (Å²) in [4.78, 5) is 12.0. The summed E-state index contributed by atoms with van der Waals surface area (Å²) in [5.41, 5.74) is 0.859. The predicted molar refractivity (Wildman–Crippen MR) is 91.0 cm³/mol. The van der Waals surface area contributed by atoms with E-state index in [2.05, 4.69) is 10.4 Å². The average Bonchev–Trinajstić information content (AvgIpc) is 3.23. The first-order valence-corrected chi connectivity index (χ1v) is 8.45. The number of Topliss-reactive ketones (excluding diaryl/α,β-unsaturated/α-hetero) is 1. The molecule has 0 aliphatic carbocycles. The van der Waals surface area contributed by atoms with Gasteiger partial charge in [-0.3, -0.25) is 4.79 Å². The zero-order valence-electron chi connectivity index (χ0n) is 13.1. The number of nitrogens with zero attached hydrogens (tertiary/aromatic N) is 4. The highest BCUT2D eigenvalue weighted by Crippen LogP contribution is 2.33. The molecule has 0 saturated carbocycles. The maximum atomic E-state index is 12.0. The van der Waals surface area contributed by atoms with Gasteiger partial charge in [-0.2, -0.15) is 4.68 Å². The van der Waals surface area contributed by atoms with Crippen LogP contribution < -0.4 is 0 Å². The molecule has 2 bridgehead atoms. The van der Waals surface area contributed by atoms with Crippen molar-refractivity contribution in [3.8, 4) is 5.69 Å². The second-order valence-corrected chi connectivity index (χ2v) is 6.56. The Kier molecular flexibility index (Phi) is 3.30. The van der Waals surface area contributed by atoms with Gasteiger partial charge in [-0.05, 0) is 34.1 Å². The molecule has 2 aromatic carbocycles. The van der Waals surface area contributed by atoms with E-state index in [9.17, 15) is 4.79 Å². The van der Waals surface area contributed by atoms with E-state index in [0.29, 0.717) is 11.4 Å². The van der Waals surface area contributed by atoms with E-state index in [1.54, 1.807) is 9.36 Å². The Hall–Kier alpha value is -2.42. The molecule has 126 valence electrons. The highest BCUT2D eigenvalue weighted by atomic mass is 32.1. The van der Waals surface area contributed by atoms with E-state index in [1.807, 2.05) is 42.5 Å². The summed E-state index contributed by atoms with van der Waals surface area (Å²) in [5, 5.41) is 10.6. The predicted octanol–water partition coefficient (Wildman–Crippen LogP) is 2.21. The number of hydrogen-bond acceptors (Lipinski definition) is 6. The van der Waals surface area contributed by atoms with E-state index >= 15 is 0 Å². The minimum atomic E-state index is -0.733. The van der Waals surface area contributed by atoms with Crippen molar-refractivity contribution in [1.29, 1.82) is 0 Å². The van der Waals surface area contributed by atoms with Crippen LogP contribution in [0.5, 0.6) is 0 Å². The third-order valence-corrected chi connectivity index (χ3v) is 5.08. The lowest BCUT2D eigenvalue weighted by atomic mass is 10.0. The van der Waals surface area contributed by atoms with Gasteiger partial charge in [-0.15, -0.1) is 0 Å². The molecule has 8 heteroatoms. The van der Waals surface area contributed by atoms with Crippen LogP contribution >= 0.6 is 12.2 Å². The van der Waals surface area contributed by atoms with Crippen LogP contribution in [0.1, 0.15) is 12.5 Å². The molecule has 0 unspecified atom stereocenters. The smallest absolute Gasteiger partial charge is 0.221 e. The highest BCUT2D eigenvalue weighted by molar-refractivity contribution is 7.71. The summed E-state index contributed by atoms with van der Waals surface area (Å²) in [5.74, 6) is -0.0830. The van der Waals surface area contributed by atoms with Crippen molar-refractivity contribution < 1.29 is 14.3 Å². The molecule has 2 fully saturated rings. The number of ketones is 1. The average molecular weight is 354 g/mol. The zero-order chi connectivity index (χ0) is 17.0. The van der Waals surface area contributed by atoms with Crippen LogP contribution in [-0.4, -0.2) is 44.6 Å². The molecule has 1 aromatic heterocycles. The van der Waals surface area contributed by atoms with Crippen LogP contribution in [0.2, 0.25) is 0 Å². The van der Waals surface area contributed by atoms with Crippen LogP contribution in [0.15, 0.2) is 42.5 Å². The van der Waals surface area contributed by atoms with Gasteiger partial charge in [-0.1, -0.05) is 36.4 Å². The number of ether oxygens (including phenoxy) is 2. The third kappa shape index (κ3) is 2.25. The topological polar surface area (TPSA) is 71.2 Å². The quantitative estimate of drug-likeness (QED) is 0.657. The molecular weight excluding hydrogens is 340 g/mol. The van der Waals surface area contributed by atoms with Gasteiger partial charge in [0.1, 0.15) is 6.10 Å². The molecule has 2 saturated heterocycles. The third-order valence-electron chi connectivity index (χ3n) is 4.72. The lowest BCUT2D eigenvalue weighted by Crippen LogP contribution is -2.37. The summed E-state index contributed by atoms with van der Waals surface area (Å²) in [6, 6.07) is 13.7. The molecule has 3 atom stereocenters. The fourth-order valence-electron chi connectivity index (χ4n) is 3.48. The Balaban J connectivity index is 1.61. The lowest BCUT2D eigenvalue weighted by molar-refractivity contribution is -0.156. The van der Waals surface area contributed by atoms with Crippen molar-refractivity contribution in [3.63, 3.8) is 0 Å². The number of benzene rings is 2. The molecule has 0 radical (unpaired) electrons. The summed E-state index contributed by atoms with van der Waals surface area (Å²) < 4.78 is 14.6. The van der Waals surface area contributed by atoms with Crippen LogP contribution in [0.4, 0.5) is 0 Å². The van der Waals surface area contributed by atoms with Gasteiger partial charge in [0.05, 0.1) is 18.3 Å². The molecule has 25 heavy (non-hydrogen) atoms. The van der Waals surface area contributed by atoms with Gasteiger partial charge >= 0.3 is 0 Å². The first kappa shape index (κ1) is 14.9. The second-order valence-electron chi connectivity index (χ2n) is 6.19. The Labute approximate surface area is 147 Å². The first-order valence-electron chi connectivity index (χ1n) is 8.05. The molecule has 2 aliphatic rings. The minimum absolute atomic E-state index is 0.0830. The van der Waals surface area contributed by atoms with Gasteiger partial charge in [-0.25, -0.2) is 4.68 Å². The van der Waals surface area contributed by atoms with Crippen molar-refractivity contribution in [1.82, 2.24) is 19.8 Å². The number of aromatic nitrogens is 4. The van der Waals surface area contributed by atoms with Crippen LogP contribution in [0.3, 0.4) is 0 Å². The van der Waals surface area contributed by atoms with E-state index in [4.69, 9.17) is 21.7 Å². The van der Waals surface area contributed by atoms with Crippen molar-refractivity contribution in [2.75, 3.05) is 6.61 Å². The Morgan fingerprint density at radius 2 is 1.96 bits per heavy atom. The number of hydrogen-bond donors (Lipinski definition) is 0. The van der Waals surface area contributed by atoms with E-state index in [1.165, 1.54) is 0 Å². The van der Waals surface area contributed by atoms with Gasteiger partial charge in [0.2, 0.25) is 11.1 Å². The number of rotatable bonds is 2. The lowest BCUT2D eigenvalue weighted by Gasteiger charge is -2.25. The summed E-state index contributed by atoms with van der Waals surface area (Å²) in [6.45, 7) is 0.365. The molecule has 0 amide bonds. The summed E-state index contributed by atoms with van der Waals surface area (Å²) in [6.07, 6.45) is -0.673. The maximum absolute atomic E-state index is 12.0. The highest BCUT2D eigenvalue weighted by Gasteiger charge is 2.45. The van der Waals surface area contributed by atoms with E-state index < -0.39 is 6.29 Å². The molecule has 5 rings (SSSR count). The van der Waals surface area contributed by atoms with Crippen LogP contribution in [-0.2, 0) is 14.3 Å². The van der Waals surface area contributed by atoms with Gasteiger partial charge < -0.3 is 9.47 Å². The number of carbonyl (C=O) groups excluding carboxylic acids is 1. The SMILES string of the molecule is O=C1C[C@@H](n2nnn(-c3cccc4ccccc34)c2=S)[C@H]2CO[C@@H]1O2. The molecule has 2 aliphatic heterocycles. The van der Waals surface area contributed by atoms with E-state index in [-0.39, 0.29) is 24.3 Å². The normalized spacial score (nSPS) is 25.6. The summed E-state index contributed by atoms with van der Waals surface area (Å²) in [7, 11) is 0. The van der Waals surface area contributed by atoms with Gasteiger partial charge in [0.15, 0.2) is 5.78 Å². The molecular formula is C17H14N4O3S. The minimum Gasteiger partial charge on any atom is -0.343 e. The Morgan fingerprint density at radius 3 is 2.88 bits per heavy atom. The fourth-order valence-corrected chi connectivity index (χ4v) is 3.78. The molecule has 7 nitrogen and oxygen atoms in total. The molecule has 0 N–H and O–H groups in total. The molecule has 0 spiro atoms. The Bertz CT molecular complexity index is 1040. The number of carbonyl (C=O) groups is 1. The second kappa shape index (κ2) is 5.55. The largest absolute Gasteiger partial charge is 0.343 e. The maximum Gasteiger partial charge on any atom is 0.221 e. The molecule has 3 heterocycles. The first-order chi connectivity index (χ1) is 12.2. The zero-order valence-corrected chi connectivity index (χ0v) is 13.9. The van der Waals surface area contributed by atoms with Crippen LogP contribution in [0.25, 0.3) is 16.5 Å². The van der Waals surface area contributed by atoms with Gasteiger partial charge in [0, 0.05) is 11.8 Å². The number of tetrazole rings is 1. The number of fused-ring (bicyclic) bond motifs is 3. The fraction of sp³-hybridized carbons (Fsp3) is 0.294. The van der Waals surface area contributed by atoms with Crippen molar-refractivity contribution in [2.45, 2.75) is 24.9 Å². The van der Waals surface area contributed by atoms with Crippen molar-refractivity contribution in [2.24, 2.45) is 0 Å². The summed E-state index contributed by atoms with van der Waals surface area (Å²) >= 11 is 5.60. The van der Waals surface area contributed by atoms with Crippen LogP contribution in [0, 0.1) is 4.77 Å². The van der Waals surface area contributed by atoms with Crippen molar-refractivity contribution >= 4 is 28.8 Å².